The van der Waals surface area contributed by atoms with E-state index in [1.54, 1.807) is 0 Å². The van der Waals surface area contributed by atoms with E-state index >= 15 is 0 Å². The van der Waals surface area contributed by atoms with Crippen molar-refractivity contribution in [3.63, 3.8) is 0 Å². The molecule has 1 heteroatoms. The molecule has 0 fully saturated rings. The van der Waals surface area contributed by atoms with E-state index in [4.69, 9.17) is 0 Å². The predicted octanol–water partition coefficient (Wildman–Crippen LogP) is 20.9. The third-order valence-corrected chi connectivity index (χ3v) is 18.6. The monoisotopic (exact) mass is 1000 g/mol. The zero-order chi connectivity index (χ0) is 53.5. The Morgan fingerprint density at radius 2 is 0.551 bits per heavy atom. The van der Waals surface area contributed by atoms with Gasteiger partial charge in [-0.1, -0.05) is 237 Å². The van der Waals surface area contributed by atoms with Gasteiger partial charge in [0.1, 0.15) is 0 Å². The van der Waals surface area contributed by atoms with E-state index in [0.29, 0.717) is 0 Å². The number of nitrogens with zero attached hydrogens (tertiary/aromatic N) is 1. The molecule has 10 aromatic rings. The summed E-state index contributed by atoms with van der Waals surface area (Å²) in [5, 5.41) is 0. The molecule has 14 rings (SSSR count). The third-order valence-electron chi connectivity index (χ3n) is 18.6. The largest absolute Gasteiger partial charge is 0.310 e. The van der Waals surface area contributed by atoms with Gasteiger partial charge >= 0.3 is 0 Å². The fourth-order valence-electron chi connectivity index (χ4n) is 14.2. The van der Waals surface area contributed by atoms with Crippen molar-refractivity contribution in [2.45, 2.75) is 84.0 Å². The molecule has 378 valence electrons. The summed E-state index contributed by atoms with van der Waals surface area (Å²) in [4.78, 5) is 2.45. The second-order valence-electron chi connectivity index (χ2n) is 24.5. The first kappa shape index (κ1) is 47.9. The summed E-state index contributed by atoms with van der Waals surface area (Å²) in [5.74, 6) is 0. The van der Waals surface area contributed by atoms with Crippen molar-refractivity contribution in [3.8, 4) is 66.8 Å². The normalized spacial score (nSPS) is 15.8. The highest BCUT2D eigenvalue weighted by Gasteiger charge is 2.39. The molecular weight excluding hydrogens is 939 g/mol. The molecule has 0 spiro atoms. The summed E-state index contributed by atoms with van der Waals surface area (Å²) < 4.78 is 0. The summed E-state index contributed by atoms with van der Waals surface area (Å²) in [6.45, 7) is 21.1. The molecule has 0 radical (unpaired) electrons. The lowest BCUT2D eigenvalue weighted by atomic mass is 9.81. The Labute approximate surface area is 462 Å². The van der Waals surface area contributed by atoms with Crippen molar-refractivity contribution in [1.29, 1.82) is 0 Å². The van der Waals surface area contributed by atoms with E-state index in [2.05, 4.69) is 298 Å². The fraction of sp³-hybridized carbons (Fsp3) is 0.169. The average molecular weight is 1000 g/mol. The summed E-state index contributed by atoms with van der Waals surface area (Å²) in [6, 6.07) is 78.5. The average Bonchev–Trinajstić information content (AvgIpc) is 4.26. The Balaban J connectivity index is 0.798. The van der Waals surface area contributed by atoms with E-state index < -0.39 is 0 Å². The van der Waals surface area contributed by atoms with Crippen molar-refractivity contribution < 1.29 is 0 Å². The van der Waals surface area contributed by atoms with Gasteiger partial charge in [0.15, 0.2) is 0 Å². The van der Waals surface area contributed by atoms with Crippen LogP contribution in [0.5, 0.6) is 0 Å². The van der Waals surface area contributed by atoms with E-state index in [0.717, 1.165) is 17.1 Å². The Kier molecular flexibility index (Phi) is 10.6. The zero-order valence-electron chi connectivity index (χ0n) is 46.4. The van der Waals surface area contributed by atoms with Crippen LogP contribution < -0.4 is 4.90 Å². The van der Waals surface area contributed by atoms with Crippen molar-refractivity contribution in [2.75, 3.05) is 4.90 Å². The van der Waals surface area contributed by atoms with Gasteiger partial charge in [-0.05, 0) is 183 Å². The van der Waals surface area contributed by atoms with Crippen LogP contribution in [0, 0.1) is 0 Å². The van der Waals surface area contributed by atoms with Crippen LogP contribution in [0.4, 0.5) is 17.1 Å². The molecular formula is C77H65N. The molecule has 0 N–H and O–H groups in total. The molecule has 0 heterocycles. The molecule has 0 amide bonds. The maximum absolute atomic E-state index is 2.46. The summed E-state index contributed by atoms with van der Waals surface area (Å²) >= 11 is 0. The summed E-state index contributed by atoms with van der Waals surface area (Å²) in [5.41, 5.74) is 33.4. The highest BCUT2D eigenvalue weighted by Crippen LogP contribution is 2.54. The van der Waals surface area contributed by atoms with E-state index in [1.807, 2.05) is 0 Å². The van der Waals surface area contributed by atoms with Crippen LogP contribution in [0.15, 0.2) is 212 Å². The number of hydrogen-bond donors (Lipinski definition) is 0. The molecule has 4 aliphatic carbocycles. The molecule has 0 atom stereocenters. The number of benzene rings is 10. The molecule has 4 aliphatic rings. The third kappa shape index (κ3) is 7.20. The fourth-order valence-corrected chi connectivity index (χ4v) is 14.2. The van der Waals surface area contributed by atoms with Gasteiger partial charge in [-0.15, -0.1) is 0 Å². The van der Waals surface area contributed by atoms with Crippen LogP contribution in [0.1, 0.15) is 124 Å². The quantitative estimate of drug-likeness (QED) is 0.137. The van der Waals surface area contributed by atoms with Crippen molar-refractivity contribution >= 4 is 35.3 Å². The Bertz CT molecular complexity index is 4040. The van der Waals surface area contributed by atoms with E-state index in [-0.39, 0.29) is 21.7 Å². The van der Waals surface area contributed by atoms with Crippen LogP contribution >= 0.6 is 0 Å². The molecule has 0 unspecified atom stereocenters. The number of fused-ring (bicyclic) bond motifs is 12. The van der Waals surface area contributed by atoms with E-state index in [9.17, 15) is 0 Å². The molecule has 78 heavy (non-hydrogen) atoms. The lowest BCUT2D eigenvalue weighted by Gasteiger charge is -2.28. The number of anilines is 3. The SMILES string of the molecule is C/C=C/c1ccc2c(c1)C(C)(C)c1cc(/C=C/c3ccc4c(c3)C(C)(C)c3cc(N(c5ccc(-c6ccc7c(c6)C(C)(C)c6ccccc6-7)cc5)c5ccc(-c6ccc7c(c6)C(C)(C)c6ccccc6-7)cc5)ccc3-4)ccc1-2. The van der Waals surface area contributed by atoms with Crippen LogP contribution in [0.25, 0.3) is 85.0 Å². The van der Waals surface area contributed by atoms with Crippen LogP contribution in [0.2, 0.25) is 0 Å². The predicted molar refractivity (Wildman–Crippen MR) is 332 cm³/mol. The minimum absolute atomic E-state index is 0.0589. The molecule has 0 bridgehead atoms. The first-order valence-electron chi connectivity index (χ1n) is 28.0. The van der Waals surface area contributed by atoms with Crippen LogP contribution in [-0.2, 0) is 21.7 Å². The van der Waals surface area contributed by atoms with Crippen molar-refractivity contribution in [1.82, 2.24) is 0 Å². The first-order chi connectivity index (χ1) is 37.6. The maximum atomic E-state index is 2.46. The second kappa shape index (κ2) is 17.2. The Morgan fingerprint density at radius 3 is 0.962 bits per heavy atom. The van der Waals surface area contributed by atoms with Gasteiger partial charge in [-0.25, -0.2) is 0 Å². The lowest BCUT2D eigenvalue weighted by molar-refractivity contribution is 0.660. The van der Waals surface area contributed by atoms with Gasteiger partial charge < -0.3 is 4.90 Å². The minimum Gasteiger partial charge on any atom is -0.310 e. The molecule has 0 saturated carbocycles. The maximum Gasteiger partial charge on any atom is 0.0465 e. The Morgan fingerprint density at radius 1 is 0.256 bits per heavy atom. The minimum atomic E-state index is -0.221. The van der Waals surface area contributed by atoms with Gasteiger partial charge in [0.25, 0.3) is 0 Å². The van der Waals surface area contributed by atoms with Gasteiger partial charge in [0.2, 0.25) is 0 Å². The van der Waals surface area contributed by atoms with Crippen LogP contribution in [0.3, 0.4) is 0 Å². The number of hydrogen-bond acceptors (Lipinski definition) is 1. The number of allylic oxidation sites excluding steroid dienone is 1. The van der Waals surface area contributed by atoms with Gasteiger partial charge in [0, 0.05) is 38.7 Å². The number of rotatable bonds is 8. The summed E-state index contributed by atoms with van der Waals surface area (Å²) in [7, 11) is 0. The summed E-state index contributed by atoms with van der Waals surface area (Å²) in [6.07, 6.45) is 8.91. The van der Waals surface area contributed by atoms with Gasteiger partial charge in [0.05, 0.1) is 0 Å². The highest BCUT2D eigenvalue weighted by molar-refractivity contribution is 5.90. The molecule has 0 aliphatic heterocycles. The van der Waals surface area contributed by atoms with E-state index in [1.165, 1.54) is 128 Å². The smallest absolute Gasteiger partial charge is 0.0465 e. The molecule has 0 aromatic heterocycles. The first-order valence-corrected chi connectivity index (χ1v) is 28.0. The van der Waals surface area contributed by atoms with Crippen LogP contribution in [-0.4, -0.2) is 0 Å². The van der Waals surface area contributed by atoms with Gasteiger partial charge in [-0.3, -0.25) is 0 Å². The second-order valence-corrected chi connectivity index (χ2v) is 24.5. The van der Waals surface area contributed by atoms with Crippen molar-refractivity contribution in [2.24, 2.45) is 0 Å². The standard InChI is InChI=1S/C77H65N/c1-10-15-48-22-36-60-61-37-23-49(43-69(61)76(6,7)68(60)42-48)20-21-50-24-38-62-65-41-35-57(47-73(65)77(8,9)70(62)44-50)78(55-31-25-51(26-32-55)53-29-39-63-58-16-11-13-18-66(58)74(2,3)71(63)45-53)56-33-27-52(28-34-56)54-30-40-64-59-17-12-14-19-67(59)75(4,5)72(64)46-54/h10-47H,1-9H3/b15-10+,21-20+. The van der Waals surface area contributed by atoms with Crippen molar-refractivity contribution in [3.05, 3.63) is 274 Å². The Hall–Kier alpha value is -8.52. The lowest BCUT2D eigenvalue weighted by Crippen LogP contribution is -2.16. The molecule has 10 aromatic carbocycles. The molecule has 0 saturated heterocycles. The zero-order valence-corrected chi connectivity index (χ0v) is 46.4. The molecule has 1 nitrogen and oxygen atoms in total. The highest BCUT2D eigenvalue weighted by atomic mass is 15.1. The van der Waals surface area contributed by atoms with Gasteiger partial charge in [-0.2, -0.15) is 0 Å². The topological polar surface area (TPSA) is 3.24 Å².